The molecule has 1 aromatic carbocycles. The van der Waals surface area contributed by atoms with Crippen molar-refractivity contribution in [1.29, 1.82) is 0 Å². The maximum absolute atomic E-state index is 12.9. The van der Waals surface area contributed by atoms with Gasteiger partial charge in [0.1, 0.15) is 12.4 Å². The van der Waals surface area contributed by atoms with Crippen LogP contribution in [0.5, 0.6) is 5.75 Å². The van der Waals surface area contributed by atoms with Crippen LogP contribution in [0.3, 0.4) is 0 Å². The molecule has 6 heteroatoms. The summed E-state index contributed by atoms with van der Waals surface area (Å²) in [6.45, 7) is 2.28. The van der Waals surface area contributed by atoms with Crippen molar-refractivity contribution in [2.24, 2.45) is 0 Å². The molecule has 0 saturated heterocycles. The van der Waals surface area contributed by atoms with Crippen LogP contribution in [-0.2, 0) is 13.1 Å². The molecule has 2 heterocycles. The maximum Gasteiger partial charge on any atom is 0.290 e. The number of hydrogen-bond donors (Lipinski definition) is 0. The van der Waals surface area contributed by atoms with Gasteiger partial charge in [0.15, 0.2) is 5.76 Å². The van der Waals surface area contributed by atoms with E-state index in [1.165, 1.54) is 6.26 Å². The smallest absolute Gasteiger partial charge is 0.290 e. The van der Waals surface area contributed by atoms with Crippen LogP contribution < -0.4 is 4.74 Å². The Morgan fingerprint density at radius 1 is 1.07 bits per heavy atom. The van der Waals surface area contributed by atoms with Gasteiger partial charge in [-0.15, -0.1) is 0 Å². The van der Waals surface area contributed by atoms with Gasteiger partial charge >= 0.3 is 0 Å². The minimum atomic E-state index is -0.172. The van der Waals surface area contributed by atoms with E-state index in [9.17, 15) is 4.79 Å². The number of ether oxygens (including phenoxy) is 1. The first-order chi connectivity index (χ1) is 13.6. The van der Waals surface area contributed by atoms with Crippen LogP contribution in [0, 0.1) is 0 Å². The number of rotatable bonds is 9. The van der Waals surface area contributed by atoms with E-state index in [-0.39, 0.29) is 5.91 Å². The van der Waals surface area contributed by atoms with Crippen molar-refractivity contribution >= 4 is 5.91 Å². The number of carbonyl (C=O) groups is 1. The van der Waals surface area contributed by atoms with Gasteiger partial charge in [-0.05, 0) is 56.1 Å². The normalized spacial score (nSPS) is 10.8. The Kier molecular flexibility index (Phi) is 6.81. The number of furan rings is 1. The van der Waals surface area contributed by atoms with E-state index in [0.717, 1.165) is 23.6 Å². The highest BCUT2D eigenvalue weighted by molar-refractivity contribution is 5.91. The van der Waals surface area contributed by atoms with E-state index in [4.69, 9.17) is 9.15 Å². The minimum Gasteiger partial charge on any atom is -0.492 e. The number of hydrogen-bond acceptors (Lipinski definition) is 5. The summed E-state index contributed by atoms with van der Waals surface area (Å²) < 4.78 is 11.1. The second kappa shape index (κ2) is 9.71. The van der Waals surface area contributed by atoms with Crippen molar-refractivity contribution < 1.29 is 13.9 Å². The van der Waals surface area contributed by atoms with Crippen LogP contribution in [0.25, 0.3) is 0 Å². The van der Waals surface area contributed by atoms with Gasteiger partial charge in [-0.2, -0.15) is 0 Å². The van der Waals surface area contributed by atoms with Gasteiger partial charge in [0, 0.05) is 19.3 Å². The number of likely N-dealkylation sites (N-methyl/N-ethyl adjacent to an activating group) is 1. The standard InChI is InChI=1S/C22H25N3O3/c1-24(2)12-14-27-20-9-5-7-18(15-20)16-25(17-19-8-3-4-11-23-19)22(26)21-10-6-13-28-21/h3-11,13,15H,12,14,16-17H2,1-2H3. The molecule has 6 nitrogen and oxygen atoms in total. The third kappa shape index (κ3) is 5.69. The zero-order chi connectivity index (χ0) is 19.8. The van der Waals surface area contributed by atoms with Crippen molar-refractivity contribution in [3.05, 3.63) is 84.1 Å². The Morgan fingerprint density at radius 2 is 1.96 bits per heavy atom. The van der Waals surface area contributed by atoms with E-state index in [2.05, 4.69) is 9.88 Å². The Bertz CT molecular complexity index is 864. The highest BCUT2D eigenvalue weighted by Crippen LogP contribution is 2.18. The molecule has 0 radical (unpaired) electrons. The fourth-order valence-corrected chi connectivity index (χ4v) is 2.74. The number of aromatic nitrogens is 1. The minimum absolute atomic E-state index is 0.172. The summed E-state index contributed by atoms with van der Waals surface area (Å²) in [4.78, 5) is 21.1. The first kappa shape index (κ1) is 19.6. The second-order valence-electron chi connectivity index (χ2n) is 6.76. The molecular formula is C22H25N3O3. The SMILES string of the molecule is CN(C)CCOc1cccc(CN(Cc2ccccn2)C(=O)c2ccco2)c1. The monoisotopic (exact) mass is 379 g/mol. The molecule has 0 N–H and O–H groups in total. The zero-order valence-electron chi connectivity index (χ0n) is 16.2. The first-order valence-corrected chi connectivity index (χ1v) is 9.21. The molecule has 2 aromatic heterocycles. The lowest BCUT2D eigenvalue weighted by Crippen LogP contribution is -2.30. The maximum atomic E-state index is 12.9. The summed E-state index contributed by atoms with van der Waals surface area (Å²) >= 11 is 0. The van der Waals surface area contributed by atoms with Gasteiger partial charge in [0.05, 0.1) is 18.5 Å². The van der Waals surface area contributed by atoms with Crippen molar-refractivity contribution in [3.8, 4) is 5.75 Å². The fourth-order valence-electron chi connectivity index (χ4n) is 2.74. The average molecular weight is 379 g/mol. The number of benzene rings is 1. The topological polar surface area (TPSA) is 58.8 Å². The molecule has 146 valence electrons. The molecule has 3 rings (SSSR count). The molecule has 0 spiro atoms. The van der Waals surface area contributed by atoms with Gasteiger partial charge in [0.25, 0.3) is 5.91 Å². The van der Waals surface area contributed by atoms with Crippen molar-refractivity contribution in [2.75, 3.05) is 27.2 Å². The quantitative estimate of drug-likeness (QED) is 0.570. The number of nitrogens with zero attached hydrogens (tertiary/aromatic N) is 3. The predicted octanol–water partition coefficient (Wildman–Crippen LogP) is 3.46. The van der Waals surface area contributed by atoms with Crippen LogP contribution in [0.1, 0.15) is 21.8 Å². The second-order valence-corrected chi connectivity index (χ2v) is 6.76. The predicted molar refractivity (Wildman–Crippen MR) is 107 cm³/mol. The highest BCUT2D eigenvalue weighted by Gasteiger charge is 2.19. The Hall–Kier alpha value is -3.12. The Morgan fingerprint density at radius 3 is 2.68 bits per heavy atom. The molecule has 0 aliphatic heterocycles. The van der Waals surface area contributed by atoms with Crippen molar-refractivity contribution in [1.82, 2.24) is 14.8 Å². The number of pyridine rings is 1. The molecule has 0 aliphatic carbocycles. The first-order valence-electron chi connectivity index (χ1n) is 9.21. The third-order valence-electron chi connectivity index (χ3n) is 4.18. The van der Waals surface area contributed by atoms with E-state index >= 15 is 0 Å². The van der Waals surface area contributed by atoms with Crippen LogP contribution >= 0.6 is 0 Å². The van der Waals surface area contributed by atoms with E-state index in [1.807, 2.05) is 56.6 Å². The van der Waals surface area contributed by atoms with Gasteiger partial charge in [-0.1, -0.05) is 18.2 Å². The lowest BCUT2D eigenvalue weighted by molar-refractivity contribution is 0.0695. The third-order valence-corrected chi connectivity index (χ3v) is 4.18. The van der Waals surface area contributed by atoms with Crippen LogP contribution in [0.4, 0.5) is 0 Å². The lowest BCUT2D eigenvalue weighted by Gasteiger charge is -2.22. The van der Waals surface area contributed by atoms with Crippen molar-refractivity contribution in [3.63, 3.8) is 0 Å². The number of carbonyl (C=O) groups excluding carboxylic acids is 1. The molecule has 0 aliphatic rings. The largest absolute Gasteiger partial charge is 0.492 e. The molecule has 0 saturated carbocycles. The van der Waals surface area contributed by atoms with Crippen molar-refractivity contribution in [2.45, 2.75) is 13.1 Å². The van der Waals surface area contributed by atoms with E-state index in [0.29, 0.717) is 25.5 Å². The molecule has 28 heavy (non-hydrogen) atoms. The molecule has 0 fully saturated rings. The van der Waals surface area contributed by atoms with Crippen LogP contribution in [0.2, 0.25) is 0 Å². The summed E-state index contributed by atoms with van der Waals surface area (Å²) in [5.41, 5.74) is 1.80. The fraction of sp³-hybridized carbons (Fsp3) is 0.273. The highest BCUT2D eigenvalue weighted by atomic mass is 16.5. The van der Waals surface area contributed by atoms with E-state index < -0.39 is 0 Å². The summed E-state index contributed by atoms with van der Waals surface area (Å²) in [5.74, 6) is 0.937. The number of amides is 1. The van der Waals surface area contributed by atoms with Gasteiger partial charge in [0.2, 0.25) is 0 Å². The summed E-state index contributed by atoms with van der Waals surface area (Å²) in [6.07, 6.45) is 3.23. The summed E-state index contributed by atoms with van der Waals surface area (Å²) in [7, 11) is 4.02. The van der Waals surface area contributed by atoms with Crippen LogP contribution in [-0.4, -0.2) is 47.9 Å². The lowest BCUT2D eigenvalue weighted by atomic mass is 10.2. The zero-order valence-corrected chi connectivity index (χ0v) is 16.2. The Labute approximate surface area is 165 Å². The van der Waals surface area contributed by atoms with Gasteiger partial charge in [-0.25, -0.2) is 0 Å². The average Bonchev–Trinajstić information content (AvgIpc) is 3.23. The van der Waals surface area contributed by atoms with Crippen LogP contribution in [0.15, 0.2) is 71.5 Å². The van der Waals surface area contributed by atoms with E-state index in [1.54, 1.807) is 23.2 Å². The molecule has 1 amide bonds. The molecule has 0 unspecified atom stereocenters. The summed E-state index contributed by atoms with van der Waals surface area (Å²) in [6, 6.07) is 16.9. The molecular weight excluding hydrogens is 354 g/mol. The Balaban J connectivity index is 1.74. The molecule has 0 atom stereocenters. The molecule has 3 aromatic rings. The van der Waals surface area contributed by atoms with Gasteiger partial charge in [-0.3, -0.25) is 9.78 Å². The van der Waals surface area contributed by atoms with Gasteiger partial charge < -0.3 is 19.0 Å². The summed E-state index contributed by atoms with van der Waals surface area (Å²) in [5, 5.41) is 0. The molecule has 0 bridgehead atoms.